The first-order valence-corrected chi connectivity index (χ1v) is 4.01. The summed E-state index contributed by atoms with van der Waals surface area (Å²) in [6, 6.07) is 5.31. The van der Waals surface area contributed by atoms with Crippen LogP contribution in [-0.4, -0.2) is 5.79 Å². The van der Waals surface area contributed by atoms with Crippen LogP contribution in [0.15, 0.2) is 23.3 Å². The van der Waals surface area contributed by atoms with Crippen LogP contribution < -0.4 is 9.47 Å². The van der Waals surface area contributed by atoms with Gasteiger partial charge in [-0.05, 0) is 12.1 Å². The molecular weight excluding hydrogens is 168 g/mol. The van der Waals surface area contributed by atoms with Crippen LogP contribution in [0.2, 0.25) is 0 Å². The van der Waals surface area contributed by atoms with Gasteiger partial charge in [0.05, 0.1) is 0 Å². The SMILES string of the molecule is CC1(C)Oc2cccc(N=N)c2O1. The Kier molecular flexibility index (Phi) is 1.52. The van der Waals surface area contributed by atoms with Gasteiger partial charge in [0, 0.05) is 13.8 Å². The molecule has 1 aromatic rings. The number of rotatable bonds is 1. The summed E-state index contributed by atoms with van der Waals surface area (Å²) in [4.78, 5) is 0. The van der Waals surface area contributed by atoms with Gasteiger partial charge < -0.3 is 9.47 Å². The maximum absolute atomic E-state index is 6.93. The molecule has 0 atom stereocenters. The molecule has 0 amide bonds. The minimum atomic E-state index is -0.650. The molecule has 0 aliphatic carbocycles. The zero-order valence-electron chi connectivity index (χ0n) is 7.50. The first-order chi connectivity index (χ1) is 6.12. The average Bonchev–Trinajstić information content (AvgIpc) is 2.37. The van der Waals surface area contributed by atoms with Gasteiger partial charge in [0.25, 0.3) is 0 Å². The van der Waals surface area contributed by atoms with Crippen LogP contribution in [-0.2, 0) is 0 Å². The maximum atomic E-state index is 6.93. The van der Waals surface area contributed by atoms with E-state index in [1.165, 1.54) is 0 Å². The molecule has 0 bridgehead atoms. The Balaban J connectivity index is 2.51. The lowest BCUT2D eigenvalue weighted by atomic mass is 10.3. The highest BCUT2D eigenvalue weighted by molar-refractivity contribution is 5.60. The largest absolute Gasteiger partial charge is 0.449 e. The lowest BCUT2D eigenvalue weighted by Gasteiger charge is -2.16. The molecular formula is C9H10N2O2. The number of nitrogens with zero attached hydrogens (tertiary/aromatic N) is 1. The quantitative estimate of drug-likeness (QED) is 0.672. The third-order valence-electron chi connectivity index (χ3n) is 1.78. The highest BCUT2D eigenvalue weighted by Gasteiger charge is 2.33. The van der Waals surface area contributed by atoms with Crippen molar-refractivity contribution in [2.45, 2.75) is 19.6 Å². The van der Waals surface area contributed by atoms with E-state index in [9.17, 15) is 0 Å². The predicted molar refractivity (Wildman–Crippen MR) is 46.6 cm³/mol. The summed E-state index contributed by atoms with van der Waals surface area (Å²) in [5, 5.41) is 3.35. The fourth-order valence-electron chi connectivity index (χ4n) is 1.31. The second kappa shape index (κ2) is 2.45. The molecule has 1 aromatic carbocycles. The molecule has 13 heavy (non-hydrogen) atoms. The van der Waals surface area contributed by atoms with Crippen LogP contribution in [0, 0.1) is 5.53 Å². The highest BCUT2D eigenvalue weighted by atomic mass is 16.7. The first-order valence-electron chi connectivity index (χ1n) is 4.01. The number of hydrogen-bond acceptors (Lipinski definition) is 4. The summed E-state index contributed by atoms with van der Waals surface area (Å²) < 4.78 is 11.0. The molecule has 68 valence electrons. The summed E-state index contributed by atoms with van der Waals surface area (Å²) in [6.07, 6.45) is 0. The van der Waals surface area contributed by atoms with Crippen molar-refractivity contribution < 1.29 is 9.47 Å². The molecule has 4 nitrogen and oxygen atoms in total. The van der Waals surface area contributed by atoms with E-state index in [2.05, 4.69) is 5.11 Å². The minimum Gasteiger partial charge on any atom is -0.449 e. The summed E-state index contributed by atoms with van der Waals surface area (Å²) in [7, 11) is 0. The molecule has 0 saturated carbocycles. The average molecular weight is 178 g/mol. The Hall–Kier alpha value is -1.58. The van der Waals surface area contributed by atoms with E-state index in [4.69, 9.17) is 15.0 Å². The van der Waals surface area contributed by atoms with Crippen molar-refractivity contribution in [3.63, 3.8) is 0 Å². The zero-order valence-corrected chi connectivity index (χ0v) is 7.50. The summed E-state index contributed by atoms with van der Waals surface area (Å²) in [5.41, 5.74) is 7.43. The van der Waals surface area contributed by atoms with E-state index in [1.807, 2.05) is 13.8 Å². The van der Waals surface area contributed by atoms with Crippen molar-refractivity contribution in [2.75, 3.05) is 0 Å². The minimum absolute atomic E-state index is 0.503. The third kappa shape index (κ3) is 1.24. The van der Waals surface area contributed by atoms with Gasteiger partial charge in [-0.25, -0.2) is 5.53 Å². The standard InChI is InChI=1S/C9H10N2O2/c1-9(2)12-7-5-3-4-6(11-10)8(7)13-9/h3-5,10H,1-2H3. The van der Waals surface area contributed by atoms with Crippen LogP contribution >= 0.6 is 0 Å². The van der Waals surface area contributed by atoms with Gasteiger partial charge in [-0.3, -0.25) is 0 Å². The van der Waals surface area contributed by atoms with Crippen molar-refractivity contribution in [3.8, 4) is 11.5 Å². The normalized spacial score (nSPS) is 17.1. The van der Waals surface area contributed by atoms with Gasteiger partial charge >= 0.3 is 0 Å². The van der Waals surface area contributed by atoms with Crippen LogP contribution in [0.3, 0.4) is 0 Å². The fraction of sp³-hybridized carbons (Fsp3) is 0.333. The second-order valence-corrected chi connectivity index (χ2v) is 3.32. The zero-order chi connectivity index (χ0) is 9.47. The molecule has 0 radical (unpaired) electrons. The molecule has 1 heterocycles. The van der Waals surface area contributed by atoms with Gasteiger partial charge in [-0.2, -0.15) is 5.11 Å². The molecule has 0 spiro atoms. The molecule has 1 aliphatic heterocycles. The fourth-order valence-corrected chi connectivity index (χ4v) is 1.31. The maximum Gasteiger partial charge on any atom is 0.246 e. The summed E-state index contributed by atoms with van der Waals surface area (Å²) in [5.74, 6) is 0.560. The number of hydrogen-bond donors (Lipinski definition) is 1. The van der Waals surface area contributed by atoms with Crippen molar-refractivity contribution in [1.29, 1.82) is 5.53 Å². The Morgan fingerprint density at radius 2 is 2.08 bits per heavy atom. The van der Waals surface area contributed by atoms with E-state index in [0.717, 1.165) is 0 Å². The number of fused-ring (bicyclic) bond motifs is 1. The molecule has 0 saturated heterocycles. The van der Waals surface area contributed by atoms with Crippen molar-refractivity contribution >= 4 is 5.69 Å². The lowest BCUT2D eigenvalue weighted by Crippen LogP contribution is -2.29. The topological polar surface area (TPSA) is 54.7 Å². The van der Waals surface area contributed by atoms with Gasteiger partial charge in [0.1, 0.15) is 5.69 Å². The van der Waals surface area contributed by atoms with Crippen molar-refractivity contribution in [3.05, 3.63) is 18.2 Å². The monoisotopic (exact) mass is 178 g/mol. The predicted octanol–water partition coefficient (Wildman–Crippen LogP) is 2.86. The van der Waals surface area contributed by atoms with Crippen LogP contribution in [0.5, 0.6) is 11.5 Å². The van der Waals surface area contributed by atoms with Gasteiger partial charge in [0.2, 0.25) is 5.79 Å². The third-order valence-corrected chi connectivity index (χ3v) is 1.78. The Bertz CT molecular complexity index is 361. The van der Waals surface area contributed by atoms with Gasteiger partial charge in [0.15, 0.2) is 11.5 Å². The van der Waals surface area contributed by atoms with E-state index in [0.29, 0.717) is 17.2 Å². The number of ether oxygens (including phenoxy) is 2. The second-order valence-electron chi connectivity index (χ2n) is 3.32. The molecule has 4 heteroatoms. The summed E-state index contributed by atoms with van der Waals surface area (Å²) in [6.45, 7) is 3.64. The van der Waals surface area contributed by atoms with Crippen molar-refractivity contribution in [2.24, 2.45) is 5.11 Å². The Morgan fingerprint density at radius 3 is 2.77 bits per heavy atom. The van der Waals surface area contributed by atoms with Crippen LogP contribution in [0.25, 0.3) is 0 Å². The number of nitrogens with one attached hydrogen (secondary N) is 1. The lowest BCUT2D eigenvalue weighted by molar-refractivity contribution is -0.0429. The Labute approximate surface area is 76.0 Å². The Morgan fingerprint density at radius 1 is 1.31 bits per heavy atom. The molecule has 0 unspecified atom stereocenters. The summed E-state index contributed by atoms with van der Waals surface area (Å²) >= 11 is 0. The van der Waals surface area contributed by atoms with E-state index >= 15 is 0 Å². The number of benzene rings is 1. The van der Waals surface area contributed by atoms with Gasteiger partial charge in [-0.15, -0.1) is 0 Å². The molecule has 2 rings (SSSR count). The van der Waals surface area contributed by atoms with E-state index in [1.54, 1.807) is 18.2 Å². The highest BCUT2D eigenvalue weighted by Crippen LogP contribution is 2.45. The van der Waals surface area contributed by atoms with E-state index in [-0.39, 0.29) is 0 Å². The molecule has 1 N–H and O–H groups in total. The van der Waals surface area contributed by atoms with Gasteiger partial charge in [-0.1, -0.05) is 6.07 Å². The number of para-hydroxylation sites is 1. The van der Waals surface area contributed by atoms with Crippen LogP contribution in [0.1, 0.15) is 13.8 Å². The molecule has 0 aromatic heterocycles. The smallest absolute Gasteiger partial charge is 0.246 e. The van der Waals surface area contributed by atoms with Crippen molar-refractivity contribution in [1.82, 2.24) is 0 Å². The van der Waals surface area contributed by atoms with Crippen LogP contribution in [0.4, 0.5) is 5.69 Å². The molecule has 0 fully saturated rings. The van der Waals surface area contributed by atoms with E-state index < -0.39 is 5.79 Å². The molecule has 1 aliphatic rings. The first kappa shape index (κ1) is 8.04.